The molecule has 158 valence electrons. The van der Waals surface area contributed by atoms with Crippen molar-refractivity contribution in [2.24, 2.45) is 0 Å². The van der Waals surface area contributed by atoms with Crippen molar-refractivity contribution in [3.8, 4) is 34.1 Å². The minimum atomic E-state index is -0.217. The highest BCUT2D eigenvalue weighted by Crippen LogP contribution is 2.41. The lowest BCUT2D eigenvalue weighted by Crippen LogP contribution is -2.13. The van der Waals surface area contributed by atoms with Crippen molar-refractivity contribution in [2.45, 2.75) is 0 Å². The molecule has 0 bridgehead atoms. The highest BCUT2D eigenvalue weighted by atomic mass is 32.1. The lowest BCUT2D eigenvalue weighted by Gasteiger charge is -2.15. The Labute approximate surface area is 184 Å². The first-order valence-electron chi connectivity index (χ1n) is 9.58. The van der Waals surface area contributed by atoms with Gasteiger partial charge in [0.25, 0.3) is 5.91 Å². The fourth-order valence-corrected chi connectivity index (χ4v) is 4.38. The van der Waals surface area contributed by atoms with E-state index < -0.39 is 0 Å². The van der Waals surface area contributed by atoms with Gasteiger partial charge in [-0.15, -0.1) is 11.3 Å². The van der Waals surface area contributed by atoms with E-state index in [-0.39, 0.29) is 5.91 Å². The smallest absolute Gasteiger partial charge is 0.267 e. The number of nitrogens with one attached hydrogen (secondary N) is 1. The number of benzene rings is 2. The number of hydrogen-bond donors (Lipinski definition) is 1. The van der Waals surface area contributed by atoms with Crippen LogP contribution in [0, 0.1) is 0 Å². The largest absolute Gasteiger partial charge is 0.493 e. The Kier molecular flexibility index (Phi) is 5.95. The number of carbonyl (C=O) groups is 1. The maximum absolute atomic E-state index is 13.3. The summed E-state index contributed by atoms with van der Waals surface area (Å²) < 4.78 is 18.1. The van der Waals surface area contributed by atoms with E-state index >= 15 is 0 Å². The van der Waals surface area contributed by atoms with Crippen LogP contribution in [0.2, 0.25) is 0 Å². The molecular formula is C24H22N2O4S. The number of thiophene rings is 1. The molecule has 0 aliphatic rings. The van der Waals surface area contributed by atoms with Crippen molar-refractivity contribution in [3.63, 3.8) is 0 Å². The predicted molar refractivity (Wildman–Crippen MR) is 123 cm³/mol. The molecule has 0 saturated carbocycles. The van der Waals surface area contributed by atoms with Gasteiger partial charge < -0.3 is 24.1 Å². The number of carbonyl (C=O) groups excluding carboxylic acids is 1. The van der Waals surface area contributed by atoms with Crippen molar-refractivity contribution in [3.05, 3.63) is 77.2 Å². The Morgan fingerprint density at radius 1 is 0.903 bits per heavy atom. The molecule has 1 N–H and O–H groups in total. The third-order valence-corrected chi connectivity index (χ3v) is 5.81. The van der Waals surface area contributed by atoms with Gasteiger partial charge in [0, 0.05) is 41.2 Å². The molecule has 0 spiro atoms. The zero-order valence-corrected chi connectivity index (χ0v) is 18.2. The van der Waals surface area contributed by atoms with Crippen LogP contribution in [0.4, 0.5) is 5.69 Å². The summed E-state index contributed by atoms with van der Waals surface area (Å²) in [4.78, 5) is 13.9. The SMILES string of the molecule is COc1cc(NC(=O)c2scc(-c3ccccc3)c2-n2cccc2)cc(OC)c1OC. The molecule has 0 aliphatic heterocycles. The molecule has 0 aliphatic carbocycles. The molecule has 7 heteroatoms. The average molecular weight is 435 g/mol. The Hall–Kier alpha value is -3.71. The van der Waals surface area contributed by atoms with E-state index in [1.807, 2.05) is 64.8 Å². The molecule has 0 unspecified atom stereocenters. The Morgan fingerprint density at radius 3 is 2.13 bits per heavy atom. The van der Waals surface area contributed by atoms with E-state index in [4.69, 9.17) is 14.2 Å². The molecule has 4 rings (SSSR count). The van der Waals surface area contributed by atoms with Crippen LogP contribution < -0.4 is 19.5 Å². The van der Waals surface area contributed by atoms with Crippen LogP contribution in [-0.2, 0) is 0 Å². The number of methoxy groups -OCH3 is 3. The molecule has 2 aromatic carbocycles. The van der Waals surface area contributed by atoms with Crippen LogP contribution in [0.15, 0.2) is 72.4 Å². The second-order valence-corrected chi connectivity index (χ2v) is 7.53. The van der Waals surface area contributed by atoms with Gasteiger partial charge >= 0.3 is 0 Å². The number of rotatable bonds is 7. The summed E-state index contributed by atoms with van der Waals surface area (Å²) in [6.07, 6.45) is 3.87. The van der Waals surface area contributed by atoms with Crippen molar-refractivity contribution < 1.29 is 19.0 Å². The monoisotopic (exact) mass is 434 g/mol. The molecule has 4 aromatic rings. The fraction of sp³-hybridized carbons (Fsp3) is 0.125. The van der Waals surface area contributed by atoms with E-state index in [0.29, 0.717) is 27.8 Å². The number of amides is 1. The highest BCUT2D eigenvalue weighted by molar-refractivity contribution is 7.13. The first-order valence-corrected chi connectivity index (χ1v) is 10.5. The van der Waals surface area contributed by atoms with E-state index in [9.17, 15) is 4.79 Å². The molecule has 0 saturated heterocycles. The topological polar surface area (TPSA) is 61.7 Å². The fourth-order valence-electron chi connectivity index (χ4n) is 3.42. The number of ether oxygens (including phenoxy) is 3. The Bertz CT molecular complexity index is 1160. The Balaban J connectivity index is 1.74. The first-order chi connectivity index (χ1) is 15.2. The minimum Gasteiger partial charge on any atom is -0.493 e. The van der Waals surface area contributed by atoms with E-state index in [2.05, 4.69) is 5.32 Å². The molecule has 1 amide bonds. The van der Waals surface area contributed by atoms with Gasteiger partial charge in [0.15, 0.2) is 11.5 Å². The standard InChI is InChI=1S/C24H22N2O4S/c1-28-19-13-17(14-20(29-2)22(19)30-3)25-24(27)23-21(26-11-7-8-12-26)18(15-31-23)16-9-5-4-6-10-16/h4-15H,1-3H3,(H,25,27). The highest BCUT2D eigenvalue weighted by Gasteiger charge is 2.22. The second kappa shape index (κ2) is 8.97. The van der Waals surface area contributed by atoms with E-state index in [1.54, 1.807) is 33.5 Å². The summed E-state index contributed by atoms with van der Waals surface area (Å²) in [7, 11) is 4.62. The van der Waals surface area contributed by atoms with Gasteiger partial charge in [-0.2, -0.15) is 0 Å². The van der Waals surface area contributed by atoms with Crippen LogP contribution in [0.3, 0.4) is 0 Å². The Morgan fingerprint density at radius 2 is 1.55 bits per heavy atom. The lowest BCUT2D eigenvalue weighted by molar-refractivity contribution is 0.103. The number of anilines is 1. The van der Waals surface area contributed by atoms with E-state index in [1.165, 1.54) is 11.3 Å². The summed E-state index contributed by atoms with van der Waals surface area (Å²) in [6.45, 7) is 0. The second-order valence-electron chi connectivity index (χ2n) is 6.65. The maximum Gasteiger partial charge on any atom is 0.267 e. The van der Waals surface area contributed by atoms with Crippen LogP contribution >= 0.6 is 11.3 Å². The molecule has 0 fully saturated rings. The van der Waals surface area contributed by atoms with Crippen LogP contribution in [0.1, 0.15) is 9.67 Å². The minimum absolute atomic E-state index is 0.217. The van der Waals surface area contributed by atoms with E-state index in [0.717, 1.165) is 16.8 Å². The van der Waals surface area contributed by atoms with Gasteiger partial charge in [-0.25, -0.2) is 0 Å². The summed E-state index contributed by atoms with van der Waals surface area (Å²) in [6, 6.07) is 17.3. The quantitative estimate of drug-likeness (QED) is 0.418. The van der Waals surface area contributed by atoms with Gasteiger partial charge in [-0.05, 0) is 17.7 Å². The van der Waals surface area contributed by atoms with Gasteiger partial charge in [0.05, 0.1) is 27.0 Å². The third-order valence-electron chi connectivity index (χ3n) is 4.84. The van der Waals surface area contributed by atoms with Crippen LogP contribution in [0.25, 0.3) is 16.8 Å². The third kappa shape index (κ3) is 4.00. The molecule has 31 heavy (non-hydrogen) atoms. The lowest BCUT2D eigenvalue weighted by atomic mass is 10.1. The first kappa shape index (κ1) is 20.6. The normalized spacial score (nSPS) is 10.5. The number of nitrogens with zero attached hydrogens (tertiary/aromatic N) is 1. The molecule has 6 nitrogen and oxygen atoms in total. The van der Waals surface area contributed by atoms with Gasteiger partial charge in [0.1, 0.15) is 4.88 Å². The number of aromatic nitrogens is 1. The maximum atomic E-state index is 13.3. The van der Waals surface area contributed by atoms with Crippen molar-refractivity contribution in [2.75, 3.05) is 26.6 Å². The zero-order chi connectivity index (χ0) is 21.8. The summed E-state index contributed by atoms with van der Waals surface area (Å²) in [5, 5.41) is 4.98. The molecular weight excluding hydrogens is 412 g/mol. The van der Waals surface area contributed by atoms with Gasteiger partial charge in [-0.3, -0.25) is 4.79 Å². The van der Waals surface area contributed by atoms with Gasteiger partial charge in [0.2, 0.25) is 5.75 Å². The van der Waals surface area contributed by atoms with Crippen molar-refractivity contribution >= 4 is 22.9 Å². The van der Waals surface area contributed by atoms with Crippen LogP contribution in [-0.4, -0.2) is 31.8 Å². The molecule has 0 radical (unpaired) electrons. The molecule has 2 heterocycles. The number of hydrogen-bond acceptors (Lipinski definition) is 5. The molecule has 2 aromatic heterocycles. The summed E-state index contributed by atoms with van der Waals surface area (Å²) in [5.41, 5.74) is 3.44. The van der Waals surface area contributed by atoms with Crippen LogP contribution in [0.5, 0.6) is 17.2 Å². The average Bonchev–Trinajstić information content (AvgIpc) is 3.48. The zero-order valence-electron chi connectivity index (χ0n) is 17.4. The summed E-state index contributed by atoms with van der Waals surface area (Å²) in [5.74, 6) is 1.20. The summed E-state index contributed by atoms with van der Waals surface area (Å²) >= 11 is 1.40. The van der Waals surface area contributed by atoms with Crippen molar-refractivity contribution in [1.82, 2.24) is 4.57 Å². The predicted octanol–water partition coefficient (Wildman–Crippen LogP) is 5.48. The molecule has 0 atom stereocenters. The van der Waals surface area contributed by atoms with Gasteiger partial charge in [-0.1, -0.05) is 30.3 Å². The van der Waals surface area contributed by atoms with Crippen molar-refractivity contribution in [1.29, 1.82) is 0 Å².